The lowest BCUT2D eigenvalue weighted by atomic mass is 10.0. The smallest absolute Gasteiger partial charge is 0.242 e. The maximum atomic E-state index is 11.5. The molecular formula is C11H17N5O2. The van der Waals surface area contributed by atoms with Crippen LogP contribution in [0.2, 0.25) is 0 Å². The van der Waals surface area contributed by atoms with Crippen molar-refractivity contribution in [3.8, 4) is 5.88 Å². The number of anilines is 2. The number of primary amides is 1. The lowest BCUT2D eigenvalue weighted by molar-refractivity contribution is -0.119. The van der Waals surface area contributed by atoms with E-state index in [0.717, 1.165) is 19.3 Å². The molecule has 1 aromatic rings. The molecule has 0 spiro atoms. The second-order valence-corrected chi connectivity index (χ2v) is 4.23. The zero-order valence-electron chi connectivity index (χ0n) is 10.3. The molecule has 1 amide bonds. The topological polar surface area (TPSA) is 107 Å². The molecule has 4 N–H and O–H groups in total. The highest BCUT2D eigenvalue weighted by atomic mass is 16.5. The number of amides is 1. The number of ether oxygens (including phenoxy) is 1. The SMILES string of the molecule is COc1ncnc(N2CCCCC2C(N)=O)c1N. The first-order valence-corrected chi connectivity index (χ1v) is 5.85. The predicted octanol–water partition coefficient (Wildman–Crippen LogP) is -0.0884. The highest BCUT2D eigenvalue weighted by Crippen LogP contribution is 2.31. The van der Waals surface area contributed by atoms with Crippen LogP contribution in [0.25, 0.3) is 0 Å². The summed E-state index contributed by atoms with van der Waals surface area (Å²) < 4.78 is 5.05. The van der Waals surface area contributed by atoms with E-state index in [1.54, 1.807) is 0 Å². The first-order valence-electron chi connectivity index (χ1n) is 5.85. The van der Waals surface area contributed by atoms with Gasteiger partial charge in [0.05, 0.1) is 7.11 Å². The van der Waals surface area contributed by atoms with Gasteiger partial charge in [-0.05, 0) is 19.3 Å². The predicted molar refractivity (Wildman–Crippen MR) is 67.2 cm³/mol. The number of aromatic nitrogens is 2. The van der Waals surface area contributed by atoms with E-state index in [-0.39, 0.29) is 11.9 Å². The number of carbonyl (C=O) groups excluding carboxylic acids is 1. The van der Waals surface area contributed by atoms with Crippen molar-refractivity contribution in [3.63, 3.8) is 0 Å². The van der Waals surface area contributed by atoms with Crippen molar-refractivity contribution < 1.29 is 9.53 Å². The second-order valence-electron chi connectivity index (χ2n) is 4.23. The Kier molecular flexibility index (Phi) is 3.50. The largest absolute Gasteiger partial charge is 0.479 e. The zero-order chi connectivity index (χ0) is 13.1. The van der Waals surface area contributed by atoms with Gasteiger partial charge in [-0.2, -0.15) is 4.98 Å². The molecule has 1 fully saturated rings. The Bertz CT molecular complexity index is 451. The number of piperidine rings is 1. The summed E-state index contributed by atoms with van der Waals surface area (Å²) in [5.74, 6) is 0.478. The lowest BCUT2D eigenvalue weighted by Gasteiger charge is -2.35. The van der Waals surface area contributed by atoms with Gasteiger partial charge in [0, 0.05) is 6.54 Å². The van der Waals surface area contributed by atoms with Crippen LogP contribution >= 0.6 is 0 Å². The summed E-state index contributed by atoms with van der Waals surface area (Å²) in [7, 11) is 1.49. The van der Waals surface area contributed by atoms with E-state index in [4.69, 9.17) is 16.2 Å². The van der Waals surface area contributed by atoms with Crippen LogP contribution in [0.5, 0.6) is 5.88 Å². The van der Waals surface area contributed by atoms with Crippen molar-refractivity contribution in [3.05, 3.63) is 6.33 Å². The third kappa shape index (κ3) is 2.15. The van der Waals surface area contributed by atoms with Gasteiger partial charge in [0.15, 0.2) is 5.82 Å². The summed E-state index contributed by atoms with van der Waals surface area (Å²) in [5.41, 5.74) is 11.7. The Morgan fingerprint density at radius 2 is 2.28 bits per heavy atom. The van der Waals surface area contributed by atoms with E-state index >= 15 is 0 Å². The lowest BCUT2D eigenvalue weighted by Crippen LogP contribution is -2.48. The molecular weight excluding hydrogens is 234 g/mol. The van der Waals surface area contributed by atoms with Gasteiger partial charge < -0.3 is 21.1 Å². The zero-order valence-corrected chi connectivity index (χ0v) is 10.3. The van der Waals surface area contributed by atoms with Crippen molar-refractivity contribution in [1.82, 2.24) is 9.97 Å². The van der Waals surface area contributed by atoms with E-state index in [9.17, 15) is 4.79 Å². The fourth-order valence-electron chi connectivity index (χ4n) is 2.24. The third-order valence-corrected chi connectivity index (χ3v) is 3.12. The van der Waals surface area contributed by atoms with Crippen molar-refractivity contribution in [1.29, 1.82) is 0 Å². The summed E-state index contributed by atoms with van der Waals surface area (Å²) in [4.78, 5) is 21.4. The first-order chi connectivity index (χ1) is 8.65. The molecule has 1 unspecified atom stereocenters. The molecule has 1 aliphatic rings. The van der Waals surface area contributed by atoms with E-state index in [2.05, 4.69) is 9.97 Å². The Morgan fingerprint density at radius 3 is 2.94 bits per heavy atom. The van der Waals surface area contributed by atoms with Crippen LogP contribution in [0.1, 0.15) is 19.3 Å². The molecule has 2 heterocycles. The molecule has 1 saturated heterocycles. The highest BCUT2D eigenvalue weighted by molar-refractivity contribution is 5.85. The van der Waals surface area contributed by atoms with Crippen molar-refractivity contribution in [2.75, 3.05) is 24.3 Å². The van der Waals surface area contributed by atoms with Gasteiger partial charge in [0.2, 0.25) is 11.8 Å². The molecule has 7 nitrogen and oxygen atoms in total. The molecule has 0 bridgehead atoms. The van der Waals surface area contributed by atoms with Gasteiger partial charge in [0.1, 0.15) is 18.1 Å². The van der Waals surface area contributed by atoms with E-state index in [0.29, 0.717) is 23.9 Å². The number of nitrogens with two attached hydrogens (primary N) is 2. The fourth-order valence-corrected chi connectivity index (χ4v) is 2.24. The molecule has 7 heteroatoms. The van der Waals surface area contributed by atoms with Crippen molar-refractivity contribution in [2.45, 2.75) is 25.3 Å². The van der Waals surface area contributed by atoms with Crippen LogP contribution in [0.15, 0.2) is 6.33 Å². The average Bonchev–Trinajstić information content (AvgIpc) is 2.39. The Labute approximate surface area is 105 Å². The van der Waals surface area contributed by atoms with Crippen molar-refractivity contribution in [2.24, 2.45) is 5.73 Å². The highest BCUT2D eigenvalue weighted by Gasteiger charge is 2.30. The van der Waals surface area contributed by atoms with Gasteiger partial charge in [-0.25, -0.2) is 4.98 Å². The first kappa shape index (κ1) is 12.4. The molecule has 0 radical (unpaired) electrons. The standard InChI is InChI=1S/C11H17N5O2/c1-18-11-8(12)10(14-6-15-11)16-5-3-2-4-7(16)9(13)17/h6-7H,2-5,12H2,1H3,(H2,13,17). The summed E-state index contributed by atoms with van der Waals surface area (Å²) in [5, 5.41) is 0. The number of rotatable bonds is 3. The molecule has 1 aromatic heterocycles. The van der Waals surface area contributed by atoms with Crippen LogP contribution in [-0.4, -0.2) is 35.6 Å². The fraction of sp³-hybridized carbons (Fsp3) is 0.545. The molecule has 0 saturated carbocycles. The maximum Gasteiger partial charge on any atom is 0.242 e. The van der Waals surface area contributed by atoms with Gasteiger partial charge in [-0.3, -0.25) is 4.79 Å². The average molecular weight is 251 g/mol. The monoisotopic (exact) mass is 251 g/mol. The quantitative estimate of drug-likeness (QED) is 0.777. The molecule has 2 rings (SSSR count). The van der Waals surface area contributed by atoms with Gasteiger partial charge >= 0.3 is 0 Å². The number of nitrogens with zero attached hydrogens (tertiary/aromatic N) is 3. The number of hydrogen-bond acceptors (Lipinski definition) is 6. The molecule has 0 aliphatic carbocycles. The minimum Gasteiger partial charge on any atom is -0.479 e. The second kappa shape index (κ2) is 5.07. The Morgan fingerprint density at radius 1 is 1.50 bits per heavy atom. The third-order valence-electron chi connectivity index (χ3n) is 3.12. The van der Waals surface area contributed by atoms with E-state index in [1.807, 2.05) is 4.90 Å². The maximum absolute atomic E-state index is 11.5. The number of hydrogen-bond donors (Lipinski definition) is 2. The van der Waals surface area contributed by atoms with Crippen LogP contribution in [0.4, 0.5) is 11.5 Å². The van der Waals surface area contributed by atoms with Crippen LogP contribution in [0, 0.1) is 0 Å². The summed E-state index contributed by atoms with van der Waals surface area (Å²) in [6.07, 6.45) is 4.06. The minimum absolute atomic E-state index is 0.314. The molecule has 98 valence electrons. The molecule has 1 aliphatic heterocycles. The van der Waals surface area contributed by atoms with Gasteiger partial charge in [-0.15, -0.1) is 0 Å². The number of carbonyl (C=O) groups is 1. The van der Waals surface area contributed by atoms with E-state index < -0.39 is 0 Å². The molecule has 1 atom stereocenters. The number of methoxy groups -OCH3 is 1. The van der Waals surface area contributed by atoms with Gasteiger partial charge in [0.25, 0.3) is 0 Å². The summed E-state index contributed by atoms with van der Waals surface area (Å²) in [6, 6.07) is -0.361. The van der Waals surface area contributed by atoms with Crippen LogP contribution in [-0.2, 0) is 4.79 Å². The van der Waals surface area contributed by atoms with Crippen molar-refractivity contribution >= 4 is 17.4 Å². The summed E-state index contributed by atoms with van der Waals surface area (Å²) >= 11 is 0. The number of nitrogen functional groups attached to an aromatic ring is 1. The molecule has 0 aromatic carbocycles. The molecule has 18 heavy (non-hydrogen) atoms. The van der Waals surface area contributed by atoms with E-state index in [1.165, 1.54) is 13.4 Å². The normalized spacial score (nSPS) is 19.6. The van der Waals surface area contributed by atoms with Gasteiger partial charge in [-0.1, -0.05) is 0 Å². The minimum atomic E-state index is -0.361. The van der Waals surface area contributed by atoms with Crippen LogP contribution in [0.3, 0.4) is 0 Å². The Hall–Kier alpha value is -2.05. The van der Waals surface area contributed by atoms with Crippen LogP contribution < -0.4 is 21.1 Å². The summed E-state index contributed by atoms with van der Waals surface area (Å²) in [6.45, 7) is 0.706. The Balaban J connectivity index is 2.36.